The van der Waals surface area contributed by atoms with Crippen molar-refractivity contribution in [3.05, 3.63) is 42.2 Å². The van der Waals surface area contributed by atoms with Gasteiger partial charge >= 0.3 is 0 Å². The van der Waals surface area contributed by atoms with E-state index in [9.17, 15) is 0 Å². The van der Waals surface area contributed by atoms with Crippen molar-refractivity contribution < 1.29 is 0 Å². The maximum atomic E-state index is 4.56. The van der Waals surface area contributed by atoms with E-state index in [0.717, 1.165) is 35.8 Å². The van der Waals surface area contributed by atoms with Gasteiger partial charge in [-0.1, -0.05) is 12.1 Å². The van der Waals surface area contributed by atoms with Crippen LogP contribution in [0.4, 0.5) is 5.82 Å². The van der Waals surface area contributed by atoms with Crippen LogP contribution in [0.2, 0.25) is 0 Å². The third kappa shape index (κ3) is 2.14. The normalized spacial score (nSPS) is 11.3. The molecule has 0 spiro atoms. The van der Waals surface area contributed by atoms with E-state index in [2.05, 4.69) is 41.6 Å². The molecule has 8 nitrogen and oxygen atoms in total. The van der Waals surface area contributed by atoms with E-state index >= 15 is 0 Å². The first-order valence-corrected chi connectivity index (χ1v) is 7.02. The third-order valence-electron chi connectivity index (χ3n) is 3.56. The number of nitrogens with zero attached hydrogens (tertiary/aromatic N) is 7. The highest BCUT2D eigenvalue weighted by atomic mass is 15.6. The largest absolute Gasteiger partial charge is 0.367 e. The Morgan fingerprint density at radius 1 is 1.14 bits per heavy atom. The molecule has 0 aliphatic heterocycles. The summed E-state index contributed by atoms with van der Waals surface area (Å²) in [5.41, 5.74) is 2.79. The number of benzene rings is 1. The molecule has 0 saturated carbocycles. The Labute approximate surface area is 125 Å². The molecule has 110 valence electrons. The Morgan fingerprint density at radius 3 is 3.00 bits per heavy atom. The van der Waals surface area contributed by atoms with Gasteiger partial charge < -0.3 is 9.88 Å². The predicted octanol–water partition coefficient (Wildman–Crippen LogP) is 1.29. The highest BCUT2D eigenvalue weighted by Gasteiger charge is 2.06. The number of aryl methyl sites for hydroxylation is 1. The van der Waals surface area contributed by atoms with Gasteiger partial charge in [0.15, 0.2) is 5.65 Å². The average Bonchev–Trinajstić information content (AvgIpc) is 3.11. The Hall–Kier alpha value is -3.03. The molecule has 0 unspecified atom stereocenters. The Morgan fingerprint density at radius 2 is 2.05 bits per heavy atom. The summed E-state index contributed by atoms with van der Waals surface area (Å²) in [6, 6.07) is 11.8. The quantitative estimate of drug-likeness (QED) is 0.610. The number of para-hydroxylation sites is 2. The molecule has 1 N–H and O–H groups in total. The molecule has 4 rings (SSSR count). The fourth-order valence-electron chi connectivity index (χ4n) is 2.52. The van der Waals surface area contributed by atoms with Crippen molar-refractivity contribution in [2.75, 3.05) is 11.9 Å². The molecule has 22 heavy (non-hydrogen) atoms. The fraction of sp³-hybridized carbons (Fsp3) is 0.214. The van der Waals surface area contributed by atoms with Crippen LogP contribution in [0, 0.1) is 6.92 Å². The van der Waals surface area contributed by atoms with Crippen molar-refractivity contribution in [2.45, 2.75) is 13.5 Å². The molecule has 0 atom stereocenters. The van der Waals surface area contributed by atoms with E-state index in [0.29, 0.717) is 5.65 Å². The monoisotopic (exact) mass is 294 g/mol. The van der Waals surface area contributed by atoms with Crippen LogP contribution in [-0.2, 0) is 6.54 Å². The zero-order valence-corrected chi connectivity index (χ0v) is 12.0. The molecule has 0 saturated heterocycles. The van der Waals surface area contributed by atoms with Gasteiger partial charge in [0.05, 0.1) is 11.0 Å². The van der Waals surface area contributed by atoms with Gasteiger partial charge in [-0.15, -0.1) is 14.8 Å². The second-order valence-electron chi connectivity index (χ2n) is 4.97. The lowest BCUT2D eigenvalue weighted by atomic mass is 10.3. The molecule has 3 aromatic heterocycles. The summed E-state index contributed by atoms with van der Waals surface area (Å²) >= 11 is 0. The number of fused-ring (bicyclic) bond motifs is 2. The molecular formula is C14H14N8. The summed E-state index contributed by atoms with van der Waals surface area (Å²) in [5.74, 6) is 1.74. The first-order valence-electron chi connectivity index (χ1n) is 7.02. The van der Waals surface area contributed by atoms with Gasteiger partial charge in [0.25, 0.3) is 0 Å². The lowest BCUT2D eigenvalue weighted by molar-refractivity contribution is 0.707. The maximum absolute atomic E-state index is 4.56. The zero-order chi connectivity index (χ0) is 14.9. The van der Waals surface area contributed by atoms with Crippen molar-refractivity contribution in [1.29, 1.82) is 0 Å². The molecule has 3 heterocycles. The summed E-state index contributed by atoms with van der Waals surface area (Å²) in [4.78, 5) is 4.56. The number of tetrazole rings is 1. The highest BCUT2D eigenvalue weighted by molar-refractivity contribution is 5.75. The Kier molecular flexibility index (Phi) is 2.92. The number of anilines is 1. The molecule has 4 aromatic rings. The van der Waals surface area contributed by atoms with Gasteiger partial charge in [0.1, 0.15) is 11.6 Å². The molecule has 0 radical (unpaired) electrons. The summed E-state index contributed by atoms with van der Waals surface area (Å²) < 4.78 is 3.60. The minimum absolute atomic E-state index is 0.627. The van der Waals surface area contributed by atoms with Crippen molar-refractivity contribution in [2.24, 2.45) is 0 Å². The van der Waals surface area contributed by atoms with Crippen LogP contribution >= 0.6 is 0 Å². The number of hydrogen-bond donors (Lipinski definition) is 1. The van der Waals surface area contributed by atoms with Crippen LogP contribution in [0.1, 0.15) is 5.82 Å². The number of imidazole rings is 1. The van der Waals surface area contributed by atoms with E-state index in [1.807, 2.05) is 37.3 Å². The minimum atomic E-state index is 0.627. The molecule has 0 bridgehead atoms. The molecule has 0 amide bonds. The molecular weight excluding hydrogens is 280 g/mol. The fourth-order valence-corrected chi connectivity index (χ4v) is 2.52. The van der Waals surface area contributed by atoms with Gasteiger partial charge in [-0.2, -0.15) is 0 Å². The Bertz CT molecular complexity index is 938. The summed E-state index contributed by atoms with van der Waals surface area (Å²) in [6.07, 6.45) is 0. The van der Waals surface area contributed by atoms with Crippen LogP contribution in [0.5, 0.6) is 0 Å². The van der Waals surface area contributed by atoms with Crippen molar-refractivity contribution in [3.63, 3.8) is 0 Å². The molecule has 1 aromatic carbocycles. The summed E-state index contributed by atoms with van der Waals surface area (Å²) in [6.45, 7) is 3.56. The van der Waals surface area contributed by atoms with Crippen LogP contribution in [0.3, 0.4) is 0 Å². The standard InChI is InChI=1S/C14H14N8/c1-10-16-11-4-2-3-5-12(11)21(10)9-8-15-13-6-7-14-17-19-20-22(14)18-13/h2-7H,8-9H2,1H3,(H,15,18). The van der Waals surface area contributed by atoms with Gasteiger partial charge in [-0.25, -0.2) is 4.98 Å². The van der Waals surface area contributed by atoms with E-state index in [1.165, 1.54) is 4.63 Å². The lowest BCUT2D eigenvalue weighted by Gasteiger charge is -2.08. The van der Waals surface area contributed by atoms with Gasteiger partial charge in [-0.3, -0.25) is 0 Å². The second kappa shape index (κ2) is 5.06. The smallest absolute Gasteiger partial charge is 0.200 e. The molecule has 8 heteroatoms. The van der Waals surface area contributed by atoms with Gasteiger partial charge in [-0.05, 0) is 41.6 Å². The molecule has 0 aliphatic rings. The van der Waals surface area contributed by atoms with E-state index < -0.39 is 0 Å². The SMILES string of the molecule is Cc1nc2ccccc2n1CCNc1ccc2nnnn2n1. The highest BCUT2D eigenvalue weighted by Crippen LogP contribution is 2.15. The van der Waals surface area contributed by atoms with E-state index in [-0.39, 0.29) is 0 Å². The van der Waals surface area contributed by atoms with Crippen LogP contribution < -0.4 is 5.32 Å². The number of nitrogens with one attached hydrogen (secondary N) is 1. The number of rotatable bonds is 4. The minimum Gasteiger partial charge on any atom is -0.367 e. The molecule has 0 aliphatic carbocycles. The van der Waals surface area contributed by atoms with Gasteiger partial charge in [0, 0.05) is 13.1 Å². The Balaban J connectivity index is 1.51. The average molecular weight is 294 g/mol. The van der Waals surface area contributed by atoms with Crippen molar-refractivity contribution in [3.8, 4) is 0 Å². The first-order chi connectivity index (χ1) is 10.8. The van der Waals surface area contributed by atoms with Gasteiger partial charge in [0.2, 0.25) is 0 Å². The van der Waals surface area contributed by atoms with Crippen LogP contribution in [-0.4, -0.2) is 41.4 Å². The van der Waals surface area contributed by atoms with Crippen LogP contribution in [0.25, 0.3) is 16.7 Å². The summed E-state index contributed by atoms with van der Waals surface area (Å²) in [5, 5.41) is 18.7. The topological polar surface area (TPSA) is 85.8 Å². The van der Waals surface area contributed by atoms with Crippen molar-refractivity contribution in [1.82, 2.24) is 34.8 Å². The van der Waals surface area contributed by atoms with Crippen molar-refractivity contribution >= 4 is 22.5 Å². The number of hydrogen-bond acceptors (Lipinski definition) is 6. The molecule has 0 fully saturated rings. The third-order valence-corrected chi connectivity index (χ3v) is 3.56. The van der Waals surface area contributed by atoms with Crippen LogP contribution in [0.15, 0.2) is 36.4 Å². The maximum Gasteiger partial charge on any atom is 0.200 e. The zero-order valence-electron chi connectivity index (χ0n) is 12.0. The first kappa shape index (κ1) is 12.7. The lowest BCUT2D eigenvalue weighted by Crippen LogP contribution is -2.13. The summed E-state index contributed by atoms with van der Waals surface area (Å²) in [7, 11) is 0. The van der Waals surface area contributed by atoms with E-state index in [1.54, 1.807) is 0 Å². The predicted molar refractivity (Wildman–Crippen MR) is 81.5 cm³/mol. The second-order valence-corrected chi connectivity index (χ2v) is 4.97. The van der Waals surface area contributed by atoms with E-state index in [4.69, 9.17) is 0 Å². The number of aromatic nitrogens is 7.